The second-order valence-electron chi connectivity index (χ2n) is 5.14. The largest absolute Gasteiger partial charge is 0.306 e. The molecule has 2 aromatic rings. The van der Waals surface area contributed by atoms with Crippen molar-refractivity contribution in [3.8, 4) is 11.4 Å². The number of hydrogen-bond donors (Lipinski definition) is 1. The number of aromatic amines is 1. The minimum atomic E-state index is -0.132. The van der Waals surface area contributed by atoms with E-state index in [0.29, 0.717) is 10.3 Å². The van der Waals surface area contributed by atoms with E-state index in [2.05, 4.69) is 32.0 Å². The lowest BCUT2D eigenvalue weighted by atomic mass is 10.1. The molecular weight excluding hydrogens is 304 g/mol. The normalized spacial score (nSPS) is 11.1. The summed E-state index contributed by atoms with van der Waals surface area (Å²) in [6.07, 6.45) is 0. The third-order valence-electron chi connectivity index (χ3n) is 2.93. The van der Waals surface area contributed by atoms with Gasteiger partial charge in [0, 0.05) is 5.56 Å². The van der Waals surface area contributed by atoms with Crippen LogP contribution in [0.15, 0.2) is 27.5 Å². The molecule has 19 heavy (non-hydrogen) atoms. The number of aryl methyl sites for hydroxylation is 2. The maximum atomic E-state index is 12.0. The molecule has 0 radical (unpaired) electrons. The lowest BCUT2D eigenvalue weighted by Crippen LogP contribution is -2.14. The summed E-state index contributed by atoms with van der Waals surface area (Å²) in [6, 6.07) is 6.16. The van der Waals surface area contributed by atoms with Crippen molar-refractivity contribution < 1.29 is 0 Å². The van der Waals surface area contributed by atoms with Crippen LogP contribution in [-0.2, 0) is 0 Å². The molecule has 4 heteroatoms. The molecule has 0 amide bonds. The number of halogens is 1. The second kappa shape index (κ2) is 5.29. The lowest BCUT2D eigenvalue weighted by Gasteiger charge is -2.10. The van der Waals surface area contributed by atoms with E-state index in [1.54, 1.807) is 0 Å². The summed E-state index contributed by atoms with van der Waals surface area (Å²) in [6.45, 7) is 8.13. The molecule has 1 heterocycles. The molecule has 0 aliphatic rings. The summed E-state index contributed by atoms with van der Waals surface area (Å²) >= 11 is 3.31. The Kier molecular flexibility index (Phi) is 3.90. The maximum absolute atomic E-state index is 12.0. The molecule has 0 bridgehead atoms. The number of H-pyrrole nitrogens is 1. The molecule has 1 aromatic carbocycles. The SMILES string of the molecule is Cc1cc(C)cc(-c2nc(C(C)C)c(Br)c(=O)[nH]2)c1. The van der Waals surface area contributed by atoms with Crippen LogP contribution in [0.2, 0.25) is 0 Å². The van der Waals surface area contributed by atoms with E-state index >= 15 is 0 Å². The molecular formula is C15H17BrN2O. The van der Waals surface area contributed by atoms with Gasteiger partial charge in [0.15, 0.2) is 0 Å². The first-order valence-corrected chi connectivity index (χ1v) is 7.06. The molecule has 0 fully saturated rings. The minimum Gasteiger partial charge on any atom is -0.306 e. The highest BCUT2D eigenvalue weighted by Crippen LogP contribution is 2.23. The van der Waals surface area contributed by atoms with Gasteiger partial charge in [0.05, 0.1) is 5.69 Å². The second-order valence-corrected chi connectivity index (χ2v) is 5.94. The van der Waals surface area contributed by atoms with E-state index in [9.17, 15) is 4.79 Å². The van der Waals surface area contributed by atoms with Gasteiger partial charge in [-0.3, -0.25) is 4.79 Å². The average molecular weight is 321 g/mol. The van der Waals surface area contributed by atoms with Gasteiger partial charge in [-0.1, -0.05) is 31.0 Å². The van der Waals surface area contributed by atoms with Gasteiger partial charge in [0.1, 0.15) is 10.3 Å². The zero-order valence-corrected chi connectivity index (χ0v) is 13.1. The fraction of sp³-hybridized carbons (Fsp3) is 0.333. The smallest absolute Gasteiger partial charge is 0.265 e. The first-order chi connectivity index (χ1) is 8.88. The molecule has 3 nitrogen and oxygen atoms in total. The van der Waals surface area contributed by atoms with Gasteiger partial charge in [-0.25, -0.2) is 4.98 Å². The Balaban J connectivity index is 2.66. The molecule has 1 aromatic heterocycles. The number of hydrogen-bond acceptors (Lipinski definition) is 2. The van der Waals surface area contributed by atoms with Crippen LogP contribution in [0.5, 0.6) is 0 Å². The van der Waals surface area contributed by atoms with E-state index in [1.165, 1.54) is 0 Å². The van der Waals surface area contributed by atoms with Crippen molar-refractivity contribution in [2.24, 2.45) is 0 Å². The first kappa shape index (κ1) is 14.0. The molecule has 2 rings (SSSR count). The van der Waals surface area contributed by atoms with Gasteiger partial charge < -0.3 is 4.98 Å². The number of aromatic nitrogens is 2. The van der Waals surface area contributed by atoms with Crippen molar-refractivity contribution in [1.82, 2.24) is 9.97 Å². The zero-order chi connectivity index (χ0) is 14.2. The molecule has 0 atom stereocenters. The Labute approximate surface area is 121 Å². The average Bonchev–Trinajstić information content (AvgIpc) is 2.30. The summed E-state index contributed by atoms with van der Waals surface area (Å²) in [4.78, 5) is 19.4. The highest BCUT2D eigenvalue weighted by atomic mass is 79.9. The molecule has 100 valence electrons. The summed E-state index contributed by atoms with van der Waals surface area (Å²) in [5.41, 5.74) is 3.92. The number of nitrogens with one attached hydrogen (secondary N) is 1. The van der Waals surface area contributed by atoms with E-state index < -0.39 is 0 Å². The standard InChI is InChI=1S/C15H17BrN2O/c1-8(2)13-12(16)15(19)18-14(17-13)11-6-9(3)5-10(4)7-11/h5-8H,1-4H3,(H,17,18,19). The molecule has 0 unspecified atom stereocenters. The van der Waals surface area contributed by atoms with Gasteiger partial charge >= 0.3 is 0 Å². The van der Waals surface area contributed by atoms with Crippen molar-refractivity contribution in [2.45, 2.75) is 33.6 Å². The van der Waals surface area contributed by atoms with Gasteiger partial charge in [-0.05, 0) is 47.8 Å². The van der Waals surface area contributed by atoms with Crippen LogP contribution in [0.4, 0.5) is 0 Å². The van der Waals surface area contributed by atoms with Gasteiger partial charge in [-0.15, -0.1) is 0 Å². The Hall–Kier alpha value is -1.42. The Morgan fingerprint density at radius 1 is 1.16 bits per heavy atom. The number of benzene rings is 1. The van der Waals surface area contributed by atoms with Crippen LogP contribution in [0.1, 0.15) is 36.6 Å². The van der Waals surface area contributed by atoms with Crippen molar-refractivity contribution in [3.63, 3.8) is 0 Å². The molecule has 0 spiro atoms. The molecule has 0 aliphatic carbocycles. The number of rotatable bonds is 2. The minimum absolute atomic E-state index is 0.132. The van der Waals surface area contributed by atoms with E-state index in [-0.39, 0.29) is 11.5 Å². The van der Waals surface area contributed by atoms with Crippen LogP contribution in [-0.4, -0.2) is 9.97 Å². The third kappa shape index (κ3) is 2.95. The lowest BCUT2D eigenvalue weighted by molar-refractivity contribution is 0.803. The fourth-order valence-electron chi connectivity index (χ4n) is 2.11. The fourth-order valence-corrected chi connectivity index (χ4v) is 2.75. The Morgan fingerprint density at radius 2 is 1.74 bits per heavy atom. The van der Waals surface area contributed by atoms with Crippen molar-refractivity contribution in [3.05, 3.63) is 49.8 Å². The first-order valence-electron chi connectivity index (χ1n) is 6.27. The summed E-state index contributed by atoms with van der Waals surface area (Å²) in [5, 5.41) is 0. The number of nitrogens with zero attached hydrogens (tertiary/aromatic N) is 1. The molecule has 0 saturated heterocycles. The highest BCUT2D eigenvalue weighted by molar-refractivity contribution is 9.10. The predicted molar refractivity (Wildman–Crippen MR) is 81.6 cm³/mol. The summed E-state index contributed by atoms with van der Waals surface area (Å²) in [7, 11) is 0. The van der Waals surface area contributed by atoms with E-state index in [0.717, 1.165) is 22.4 Å². The van der Waals surface area contributed by atoms with Gasteiger partial charge in [0.25, 0.3) is 5.56 Å². The Bertz CT molecular complexity index is 654. The monoisotopic (exact) mass is 320 g/mol. The molecule has 0 saturated carbocycles. The molecule has 0 aliphatic heterocycles. The molecule has 1 N–H and O–H groups in total. The quantitative estimate of drug-likeness (QED) is 0.910. The van der Waals surface area contributed by atoms with Crippen molar-refractivity contribution >= 4 is 15.9 Å². The van der Waals surface area contributed by atoms with Gasteiger partial charge in [-0.2, -0.15) is 0 Å². The van der Waals surface area contributed by atoms with Crippen LogP contribution >= 0.6 is 15.9 Å². The maximum Gasteiger partial charge on any atom is 0.265 e. The zero-order valence-electron chi connectivity index (χ0n) is 11.5. The Morgan fingerprint density at radius 3 is 2.26 bits per heavy atom. The van der Waals surface area contributed by atoms with Gasteiger partial charge in [0.2, 0.25) is 0 Å². The van der Waals surface area contributed by atoms with Crippen LogP contribution in [0.3, 0.4) is 0 Å². The van der Waals surface area contributed by atoms with Crippen LogP contribution in [0, 0.1) is 13.8 Å². The third-order valence-corrected chi connectivity index (χ3v) is 3.70. The van der Waals surface area contributed by atoms with Crippen molar-refractivity contribution in [1.29, 1.82) is 0 Å². The highest BCUT2D eigenvalue weighted by Gasteiger charge is 2.13. The van der Waals surface area contributed by atoms with E-state index in [1.807, 2.05) is 39.8 Å². The van der Waals surface area contributed by atoms with Crippen LogP contribution in [0.25, 0.3) is 11.4 Å². The van der Waals surface area contributed by atoms with Crippen LogP contribution < -0.4 is 5.56 Å². The topological polar surface area (TPSA) is 45.8 Å². The van der Waals surface area contributed by atoms with Crippen molar-refractivity contribution in [2.75, 3.05) is 0 Å². The summed E-state index contributed by atoms with van der Waals surface area (Å²) in [5.74, 6) is 0.824. The predicted octanol–water partition coefficient (Wildman–Crippen LogP) is 3.94. The van der Waals surface area contributed by atoms with E-state index in [4.69, 9.17) is 0 Å². The summed E-state index contributed by atoms with van der Waals surface area (Å²) < 4.78 is 0.524.